The van der Waals surface area contributed by atoms with Crippen LogP contribution in [-0.2, 0) is 52.1 Å². The lowest BCUT2D eigenvalue weighted by molar-refractivity contribution is -0.340. The fourth-order valence-corrected chi connectivity index (χ4v) is 10.8. The number of carbonyl (C=O) groups excluding carboxylic acids is 6. The molecule has 3 aliphatic carbocycles. The average molecular weight is 914 g/mol. The smallest absolute Gasteiger partial charge is 0.338 e. The number of nitrogens with one attached hydrogen (secondary N) is 1. The lowest BCUT2D eigenvalue weighted by atomic mass is 9.43. The molecule has 65 heavy (non-hydrogen) atoms. The highest BCUT2D eigenvalue weighted by Crippen LogP contribution is 2.65. The largest absolute Gasteiger partial charge is 0.456 e. The van der Waals surface area contributed by atoms with Crippen molar-refractivity contribution in [2.75, 3.05) is 13.4 Å². The number of ketones is 1. The summed E-state index contributed by atoms with van der Waals surface area (Å²) in [6.07, 6.45) is -7.24. The normalized spacial score (nSPS) is 30.9. The second-order valence-corrected chi connectivity index (χ2v) is 18.5. The maximum absolute atomic E-state index is 15.8. The standard InChI is InChI=1S/C49H56NO14P/c1-27-23-35-48(25-58-35,64-30(4)52)40-42(63-44(55)33-21-15-10-16-22-33)49(57)24-34(28(2)36(46(49,5)6)38(61-29(3)51)41(53)47(27,40)7)62-45(56)39(59-26-60-65)37(31-17-11-8-12-18-31)50-43(54)32-19-13-9-14-20-32/h8-22,27,34-35,37-40,42,57H,23-26,65H2,1-7H3,(H,50,54)/t27-,34-,35?,37-,38+,39+,40-,42-,47+,48-,49+/m0/s1. The molecule has 2 bridgehead atoms. The number of hydrogen-bond donors (Lipinski definition) is 2. The van der Waals surface area contributed by atoms with E-state index in [1.54, 1.807) is 119 Å². The van der Waals surface area contributed by atoms with Gasteiger partial charge in [-0.25, -0.2) is 9.59 Å². The zero-order chi connectivity index (χ0) is 47.1. The Morgan fingerprint density at radius 1 is 0.862 bits per heavy atom. The van der Waals surface area contributed by atoms with E-state index in [1.165, 1.54) is 6.92 Å². The molecule has 3 aromatic carbocycles. The van der Waals surface area contributed by atoms with Crippen LogP contribution in [0.3, 0.4) is 0 Å². The molecule has 15 nitrogen and oxygen atoms in total. The molecular weight excluding hydrogens is 858 g/mol. The van der Waals surface area contributed by atoms with Gasteiger partial charge in [-0.3, -0.25) is 19.2 Å². The summed E-state index contributed by atoms with van der Waals surface area (Å²) in [5.74, 6) is -6.31. The maximum Gasteiger partial charge on any atom is 0.338 e. The zero-order valence-electron chi connectivity index (χ0n) is 37.4. The molecule has 2 N–H and O–H groups in total. The molecule has 1 saturated heterocycles. The maximum atomic E-state index is 15.8. The van der Waals surface area contributed by atoms with Gasteiger partial charge >= 0.3 is 23.9 Å². The monoisotopic (exact) mass is 913 g/mol. The summed E-state index contributed by atoms with van der Waals surface area (Å²) < 4.78 is 42.5. The van der Waals surface area contributed by atoms with Gasteiger partial charge in [-0.1, -0.05) is 94.4 Å². The summed E-state index contributed by atoms with van der Waals surface area (Å²) in [4.78, 5) is 85.1. The number of amides is 1. The van der Waals surface area contributed by atoms with Crippen LogP contribution < -0.4 is 5.32 Å². The summed E-state index contributed by atoms with van der Waals surface area (Å²) in [6.45, 7) is 10.2. The van der Waals surface area contributed by atoms with Gasteiger partial charge in [-0.2, -0.15) is 0 Å². The van der Waals surface area contributed by atoms with Crippen molar-refractivity contribution >= 4 is 45.0 Å². The lowest BCUT2D eigenvalue weighted by Crippen LogP contribution is -2.80. The van der Waals surface area contributed by atoms with Crippen molar-refractivity contribution in [2.45, 2.75) is 109 Å². The average Bonchev–Trinajstić information content (AvgIpc) is 3.27. The molecule has 3 fully saturated rings. The van der Waals surface area contributed by atoms with E-state index in [2.05, 4.69) is 5.32 Å². The Hall–Kier alpha value is -5.31. The van der Waals surface area contributed by atoms with Crippen LogP contribution in [-0.4, -0.2) is 95.8 Å². The number of Topliss-reactive ketones (excluding diaryl/α,β-unsaturated/α-hetero) is 1. The zero-order valence-corrected chi connectivity index (χ0v) is 38.6. The first-order valence-electron chi connectivity index (χ1n) is 21.6. The van der Waals surface area contributed by atoms with Crippen LogP contribution in [0.15, 0.2) is 102 Å². The van der Waals surface area contributed by atoms with Crippen molar-refractivity contribution in [3.63, 3.8) is 0 Å². The molecule has 2 saturated carbocycles. The molecule has 12 atom stereocenters. The Morgan fingerprint density at radius 2 is 1.46 bits per heavy atom. The highest BCUT2D eigenvalue weighted by molar-refractivity contribution is 7.09. The first kappa shape index (κ1) is 47.6. The van der Waals surface area contributed by atoms with Crippen LogP contribution in [0.25, 0.3) is 0 Å². The number of esters is 4. The van der Waals surface area contributed by atoms with Gasteiger partial charge < -0.3 is 43.4 Å². The Labute approximate surface area is 380 Å². The van der Waals surface area contributed by atoms with E-state index in [4.69, 9.17) is 32.9 Å². The summed E-state index contributed by atoms with van der Waals surface area (Å²) >= 11 is 0. The minimum atomic E-state index is -2.27. The van der Waals surface area contributed by atoms with E-state index in [1.807, 2.05) is 16.4 Å². The fourth-order valence-electron chi connectivity index (χ4n) is 10.7. The van der Waals surface area contributed by atoms with Gasteiger partial charge in [0.25, 0.3) is 5.91 Å². The molecule has 1 amide bonds. The summed E-state index contributed by atoms with van der Waals surface area (Å²) in [5, 5.41) is 16.8. The Kier molecular flexibility index (Phi) is 13.6. The minimum absolute atomic E-state index is 0.133. The third-order valence-corrected chi connectivity index (χ3v) is 14.4. The van der Waals surface area contributed by atoms with E-state index in [-0.39, 0.29) is 29.7 Å². The molecule has 0 spiro atoms. The summed E-state index contributed by atoms with van der Waals surface area (Å²) in [6, 6.07) is 24.0. The highest BCUT2D eigenvalue weighted by Gasteiger charge is 2.77. The van der Waals surface area contributed by atoms with Crippen LogP contribution in [0.2, 0.25) is 0 Å². The summed E-state index contributed by atoms with van der Waals surface area (Å²) in [5.41, 5.74) is -5.71. The van der Waals surface area contributed by atoms with Crippen LogP contribution >= 0.6 is 9.47 Å². The van der Waals surface area contributed by atoms with Crippen molar-refractivity contribution in [2.24, 2.45) is 22.7 Å². The molecule has 346 valence electrons. The number of carbonyl (C=O) groups is 6. The third kappa shape index (κ3) is 8.42. The van der Waals surface area contributed by atoms with E-state index in [0.717, 1.165) is 6.92 Å². The molecule has 7 rings (SSSR count). The third-order valence-electron chi connectivity index (χ3n) is 14.2. The van der Waals surface area contributed by atoms with Crippen LogP contribution in [0.5, 0.6) is 0 Å². The van der Waals surface area contributed by atoms with Gasteiger partial charge in [-0.15, -0.1) is 0 Å². The lowest BCUT2D eigenvalue weighted by Gasteiger charge is -2.68. The van der Waals surface area contributed by atoms with E-state index in [0.29, 0.717) is 11.1 Å². The summed E-state index contributed by atoms with van der Waals surface area (Å²) in [7, 11) is 2.04. The molecule has 3 aromatic rings. The Bertz CT molecular complexity index is 2340. The molecule has 0 radical (unpaired) electrons. The van der Waals surface area contributed by atoms with Gasteiger partial charge in [0.1, 0.15) is 23.9 Å². The topological polar surface area (TPSA) is 199 Å². The van der Waals surface area contributed by atoms with E-state index >= 15 is 4.79 Å². The van der Waals surface area contributed by atoms with Gasteiger partial charge in [0, 0.05) is 46.1 Å². The van der Waals surface area contributed by atoms with E-state index in [9.17, 15) is 29.1 Å². The van der Waals surface area contributed by atoms with Gasteiger partial charge in [0.2, 0.25) is 0 Å². The second-order valence-electron chi connectivity index (χ2n) is 18.2. The van der Waals surface area contributed by atoms with Gasteiger partial charge in [0.05, 0.1) is 24.1 Å². The first-order valence-corrected chi connectivity index (χ1v) is 22.1. The second kappa shape index (κ2) is 18.5. The molecule has 4 aliphatic rings. The van der Waals surface area contributed by atoms with Crippen LogP contribution in [0, 0.1) is 22.7 Å². The van der Waals surface area contributed by atoms with Gasteiger partial charge in [-0.05, 0) is 60.2 Å². The molecule has 1 heterocycles. The van der Waals surface area contributed by atoms with Crippen molar-refractivity contribution in [3.05, 3.63) is 119 Å². The number of rotatable bonds is 13. The molecule has 2 unspecified atom stereocenters. The number of benzene rings is 3. The van der Waals surface area contributed by atoms with Crippen molar-refractivity contribution in [1.29, 1.82) is 0 Å². The fraction of sp³-hybridized carbons (Fsp3) is 0.469. The Balaban J connectivity index is 1.41. The van der Waals surface area contributed by atoms with Gasteiger partial charge in [0.15, 0.2) is 30.4 Å². The first-order chi connectivity index (χ1) is 30.8. The number of fused-ring (bicyclic) bond motifs is 5. The number of hydrogen-bond acceptors (Lipinski definition) is 14. The number of aliphatic hydroxyl groups is 1. The van der Waals surface area contributed by atoms with Crippen LogP contribution in [0.4, 0.5) is 0 Å². The van der Waals surface area contributed by atoms with Crippen molar-refractivity contribution < 1.29 is 66.8 Å². The minimum Gasteiger partial charge on any atom is -0.456 e. The molecule has 0 aromatic heterocycles. The molecular formula is C49H56NO14P. The van der Waals surface area contributed by atoms with Crippen molar-refractivity contribution in [1.82, 2.24) is 5.32 Å². The van der Waals surface area contributed by atoms with Crippen LogP contribution in [0.1, 0.15) is 93.6 Å². The Morgan fingerprint density at radius 3 is 2.02 bits per heavy atom. The molecule has 1 aliphatic heterocycles. The SMILES string of the molecule is CC(=O)O[C@H]1C(=O)[C@]2(C)[C@@H](C)CC3OC[C@@]3(OC(C)=O)[C@H]2[C@H](OC(=O)c2ccccc2)[C@]2(O)C[C@H](OC(=O)[C@H](OCOP)[C@@H](NC(=O)c3ccccc3)c3ccccc3)C(C)=C1C2(C)C. The van der Waals surface area contributed by atoms with E-state index < -0.39 is 119 Å². The predicted octanol–water partition coefficient (Wildman–Crippen LogP) is 5.80. The van der Waals surface area contributed by atoms with Crippen molar-refractivity contribution in [3.8, 4) is 0 Å². The highest BCUT2D eigenvalue weighted by atomic mass is 31.0. The predicted molar refractivity (Wildman–Crippen MR) is 235 cm³/mol. The quantitative estimate of drug-likeness (QED) is 0.0686. The molecule has 16 heteroatoms. The number of ether oxygens (including phenoxy) is 6.